The topological polar surface area (TPSA) is 46.2 Å². The van der Waals surface area contributed by atoms with Crippen LogP contribution < -0.4 is 5.32 Å². The molecule has 1 aromatic heterocycles. The molecule has 0 bridgehead atoms. The molecule has 2 heterocycles. The first kappa shape index (κ1) is 13.5. The molecule has 2 atom stereocenters. The molecule has 2 aromatic rings. The number of imide groups is 1. The van der Waals surface area contributed by atoms with Crippen molar-refractivity contribution < 1.29 is 9.59 Å². The van der Waals surface area contributed by atoms with Gasteiger partial charge in [-0.25, -0.2) is 0 Å². The van der Waals surface area contributed by atoms with Gasteiger partial charge in [-0.3, -0.25) is 14.9 Å². The highest BCUT2D eigenvalue weighted by molar-refractivity contribution is 9.10. The number of hydrogen-bond acceptors (Lipinski definition) is 3. The summed E-state index contributed by atoms with van der Waals surface area (Å²) in [4.78, 5) is 25.0. The van der Waals surface area contributed by atoms with E-state index in [2.05, 4.69) is 21.2 Å². The van der Waals surface area contributed by atoms with Crippen LogP contribution >= 0.6 is 27.3 Å². The molecule has 0 saturated carbocycles. The zero-order valence-electron chi connectivity index (χ0n) is 10.5. The number of benzene rings is 1. The summed E-state index contributed by atoms with van der Waals surface area (Å²) in [6.07, 6.45) is 0.351. The summed E-state index contributed by atoms with van der Waals surface area (Å²) in [7, 11) is 0. The normalized spacial score (nSPS) is 22.6. The molecule has 20 heavy (non-hydrogen) atoms. The summed E-state index contributed by atoms with van der Waals surface area (Å²) in [5, 5.41) is 4.43. The van der Waals surface area contributed by atoms with Crippen molar-refractivity contribution in [1.82, 2.24) is 5.32 Å². The van der Waals surface area contributed by atoms with Crippen molar-refractivity contribution in [2.45, 2.75) is 18.3 Å². The summed E-state index contributed by atoms with van der Waals surface area (Å²) < 4.78 is 0.935. The van der Waals surface area contributed by atoms with Gasteiger partial charge in [-0.1, -0.05) is 34.1 Å². The predicted molar refractivity (Wildman–Crippen MR) is 81.7 cm³/mol. The SMILES string of the molecule is O=C1CC(c2cccs2)C(c2cccc(Br)c2)C(=O)N1. The van der Waals surface area contributed by atoms with E-state index < -0.39 is 0 Å². The van der Waals surface area contributed by atoms with Gasteiger partial charge < -0.3 is 0 Å². The van der Waals surface area contributed by atoms with Crippen LogP contribution in [0.15, 0.2) is 46.3 Å². The van der Waals surface area contributed by atoms with Crippen LogP contribution in [-0.2, 0) is 9.59 Å². The van der Waals surface area contributed by atoms with E-state index in [9.17, 15) is 9.59 Å². The molecule has 0 radical (unpaired) electrons. The van der Waals surface area contributed by atoms with Gasteiger partial charge in [-0.05, 0) is 29.1 Å². The molecule has 3 rings (SSSR count). The Balaban J connectivity index is 2.04. The molecule has 1 aliphatic heterocycles. The fourth-order valence-electron chi connectivity index (χ4n) is 2.62. The van der Waals surface area contributed by atoms with Gasteiger partial charge in [-0.15, -0.1) is 11.3 Å². The summed E-state index contributed by atoms with van der Waals surface area (Å²) in [5.41, 5.74) is 0.933. The van der Waals surface area contributed by atoms with Crippen molar-refractivity contribution in [2.24, 2.45) is 0 Å². The molecular weight excluding hydrogens is 338 g/mol. The number of hydrogen-bond donors (Lipinski definition) is 1. The van der Waals surface area contributed by atoms with Crippen molar-refractivity contribution in [3.63, 3.8) is 0 Å². The molecular formula is C15H12BrNO2S. The van der Waals surface area contributed by atoms with Gasteiger partial charge in [0.1, 0.15) is 0 Å². The average Bonchev–Trinajstić information content (AvgIpc) is 2.91. The Morgan fingerprint density at radius 2 is 2.05 bits per heavy atom. The number of nitrogens with one attached hydrogen (secondary N) is 1. The lowest BCUT2D eigenvalue weighted by Gasteiger charge is -2.29. The van der Waals surface area contributed by atoms with Crippen LogP contribution in [0.5, 0.6) is 0 Å². The van der Waals surface area contributed by atoms with Crippen LogP contribution in [0.3, 0.4) is 0 Å². The average molecular weight is 350 g/mol. The second kappa shape index (κ2) is 5.50. The first-order valence-electron chi connectivity index (χ1n) is 6.27. The van der Waals surface area contributed by atoms with E-state index in [1.165, 1.54) is 0 Å². The zero-order valence-corrected chi connectivity index (χ0v) is 12.9. The summed E-state index contributed by atoms with van der Waals surface area (Å²) >= 11 is 5.03. The fourth-order valence-corrected chi connectivity index (χ4v) is 3.90. The van der Waals surface area contributed by atoms with Crippen LogP contribution in [0.1, 0.15) is 28.7 Å². The standard InChI is InChI=1S/C15H12BrNO2S/c16-10-4-1-3-9(7-10)14-11(12-5-2-6-20-12)8-13(18)17-15(14)19/h1-7,11,14H,8H2,(H,17,18,19). The number of piperidine rings is 1. The highest BCUT2D eigenvalue weighted by Gasteiger charge is 2.38. The minimum absolute atomic E-state index is 0.0782. The number of rotatable bonds is 2. The Morgan fingerprint density at radius 1 is 1.20 bits per heavy atom. The third kappa shape index (κ3) is 2.55. The van der Waals surface area contributed by atoms with E-state index in [1.54, 1.807) is 11.3 Å². The lowest BCUT2D eigenvalue weighted by Crippen LogP contribution is -2.43. The number of carbonyl (C=O) groups excluding carboxylic acids is 2. The summed E-state index contributed by atoms with van der Waals surface area (Å²) in [5.74, 6) is -0.799. The van der Waals surface area contributed by atoms with Crippen LogP contribution in [0.2, 0.25) is 0 Å². The van der Waals surface area contributed by atoms with Gasteiger partial charge in [0.05, 0.1) is 5.92 Å². The molecule has 102 valence electrons. The van der Waals surface area contributed by atoms with Crippen molar-refractivity contribution in [2.75, 3.05) is 0 Å². The number of amides is 2. The zero-order chi connectivity index (χ0) is 14.1. The van der Waals surface area contributed by atoms with Gasteiger partial charge in [0.25, 0.3) is 0 Å². The van der Waals surface area contributed by atoms with Gasteiger partial charge in [0.2, 0.25) is 11.8 Å². The first-order valence-corrected chi connectivity index (χ1v) is 7.95. The van der Waals surface area contributed by atoms with Crippen molar-refractivity contribution in [3.05, 3.63) is 56.7 Å². The molecule has 0 spiro atoms. The van der Waals surface area contributed by atoms with Crippen molar-refractivity contribution >= 4 is 39.1 Å². The Hall–Kier alpha value is -1.46. The molecule has 1 fully saturated rings. The summed E-state index contributed by atoms with van der Waals surface area (Å²) in [6.45, 7) is 0. The van der Waals surface area contributed by atoms with Crippen LogP contribution in [0.4, 0.5) is 0 Å². The van der Waals surface area contributed by atoms with Crippen molar-refractivity contribution in [3.8, 4) is 0 Å². The molecule has 2 unspecified atom stereocenters. The third-order valence-corrected chi connectivity index (χ3v) is 4.97. The largest absolute Gasteiger partial charge is 0.296 e. The van der Waals surface area contributed by atoms with E-state index in [-0.39, 0.29) is 23.7 Å². The maximum atomic E-state index is 12.3. The van der Waals surface area contributed by atoms with Gasteiger partial charge >= 0.3 is 0 Å². The molecule has 3 nitrogen and oxygen atoms in total. The Labute approximate surface area is 129 Å². The van der Waals surface area contributed by atoms with Crippen molar-refractivity contribution in [1.29, 1.82) is 0 Å². The quantitative estimate of drug-likeness (QED) is 0.844. The van der Waals surface area contributed by atoms with E-state index in [1.807, 2.05) is 41.8 Å². The van der Waals surface area contributed by atoms with E-state index >= 15 is 0 Å². The molecule has 1 aliphatic rings. The lowest BCUT2D eigenvalue weighted by atomic mass is 9.80. The molecule has 0 aliphatic carbocycles. The molecule has 1 aromatic carbocycles. The van der Waals surface area contributed by atoms with E-state index in [4.69, 9.17) is 0 Å². The van der Waals surface area contributed by atoms with E-state index in [0.717, 1.165) is 14.9 Å². The maximum Gasteiger partial charge on any atom is 0.234 e. The highest BCUT2D eigenvalue weighted by Crippen LogP contribution is 2.40. The van der Waals surface area contributed by atoms with Crippen LogP contribution in [-0.4, -0.2) is 11.8 Å². The molecule has 2 amide bonds. The highest BCUT2D eigenvalue weighted by atomic mass is 79.9. The van der Waals surface area contributed by atoms with E-state index in [0.29, 0.717) is 6.42 Å². The Kier molecular flexibility index (Phi) is 3.72. The first-order chi connectivity index (χ1) is 9.65. The molecule has 1 saturated heterocycles. The van der Waals surface area contributed by atoms with Gasteiger partial charge in [0, 0.05) is 21.7 Å². The third-order valence-electron chi connectivity index (χ3n) is 3.47. The fraction of sp³-hybridized carbons (Fsp3) is 0.200. The second-order valence-corrected chi connectivity index (χ2v) is 6.67. The van der Waals surface area contributed by atoms with Crippen LogP contribution in [0, 0.1) is 0 Å². The second-order valence-electron chi connectivity index (χ2n) is 4.77. The summed E-state index contributed by atoms with van der Waals surface area (Å²) in [6, 6.07) is 11.7. The molecule has 5 heteroatoms. The lowest BCUT2D eigenvalue weighted by molar-refractivity contribution is -0.135. The van der Waals surface area contributed by atoms with Gasteiger partial charge in [0.15, 0.2) is 0 Å². The maximum absolute atomic E-state index is 12.3. The number of thiophene rings is 1. The minimum atomic E-state index is -0.316. The monoisotopic (exact) mass is 349 g/mol. The van der Waals surface area contributed by atoms with Crippen LogP contribution in [0.25, 0.3) is 0 Å². The van der Waals surface area contributed by atoms with Gasteiger partial charge in [-0.2, -0.15) is 0 Å². The smallest absolute Gasteiger partial charge is 0.234 e. The number of halogens is 1. The number of carbonyl (C=O) groups is 2. The molecule has 1 N–H and O–H groups in total. The Bertz CT molecular complexity index is 654. The predicted octanol–water partition coefficient (Wildman–Crippen LogP) is 3.42. The minimum Gasteiger partial charge on any atom is -0.296 e. The Morgan fingerprint density at radius 3 is 2.75 bits per heavy atom.